The molecule has 0 aliphatic heterocycles. The molecule has 2 aromatic rings. The lowest BCUT2D eigenvalue weighted by Gasteiger charge is -2.12. The van der Waals surface area contributed by atoms with Crippen molar-refractivity contribution < 1.29 is 0 Å². The monoisotopic (exact) mass is 257 g/mol. The van der Waals surface area contributed by atoms with Gasteiger partial charge in [0.25, 0.3) is 0 Å². The second kappa shape index (κ2) is 5.47. The zero-order valence-corrected chi connectivity index (χ0v) is 12.3. The summed E-state index contributed by atoms with van der Waals surface area (Å²) in [7, 11) is 0. The summed E-state index contributed by atoms with van der Waals surface area (Å²) in [6.45, 7) is 8.58. The number of nitrogens with zero attached hydrogens (tertiary/aromatic N) is 2. The highest BCUT2D eigenvalue weighted by atomic mass is 15.3. The molecule has 0 saturated carbocycles. The quantitative estimate of drug-likeness (QED) is 0.895. The fourth-order valence-electron chi connectivity index (χ4n) is 2.54. The number of hydrogen-bond donors (Lipinski definition) is 1. The summed E-state index contributed by atoms with van der Waals surface area (Å²) >= 11 is 0. The fourth-order valence-corrected chi connectivity index (χ4v) is 2.54. The minimum atomic E-state index is 0.432. The van der Waals surface area contributed by atoms with Crippen LogP contribution in [0.4, 0.5) is 5.69 Å². The highest BCUT2D eigenvalue weighted by Crippen LogP contribution is 2.29. The standard InChI is InChI=1S/C16H23N3/c1-5-13(6-2)19-10-15(17)16(18-19)14-8-7-11(3)9-12(14)4/h7-10,13H,5-6,17H2,1-4H3. The second-order valence-corrected chi connectivity index (χ2v) is 5.20. The molecule has 0 atom stereocenters. The first-order valence-corrected chi connectivity index (χ1v) is 6.99. The largest absolute Gasteiger partial charge is 0.396 e. The first-order valence-electron chi connectivity index (χ1n) is 6.99. The van der Waals surface area contributed by atoms with E-state index in [-0.39, 0.29) is 0 Å². The van der Waals surface area contributed by atoms with Gasteiger partial charge in [-0.1, -0.05) is 37.6 Å². The van der Waals surface area contributed by atoms with Crippen molar-refractivity contribution in [3.63, 3.8) is 0 Å². The van der Waals surface area contributed by atoms with Gasteiger partial charge in [0, 0.05) is 11.8 Å². The Morgan fingerprint density at radius 2 is 1.89 bits per heavy atom. The molecule has 0 spiro atoms. The number of aryl methyl sites for hydroxylation is 2. The maximum absolute atomic E-state index is 6.14. The molecule has 2 N–H and O–H groups in total. The lowest BCUT2D eigenvalue weighted by atomic mass is 10.0. The van der Waals surface area contributed by atoms with E-state index in [1.807, 2.05) is 10.9 Å². The number of nitrogen functional groups attached to an aromatic ring is 1. The van der Waals surface area contributed by atoms with E-state index in [0.717, 1.165) is 29.8 Å². The van der Waals surface area contributed by atoms with E-state index in [4.69, 9.17) is 10.8 Å². The SMILES string of the molecule is CCC(CC)n1cc(N)c(-c2ccc(C)cc2C)n1. The zero-order chi connectivity index (χ0) is 14.0. The molecule has 0 radical (unpaired) electrons. The summed E-state index contributed by atoms with van der Waals surface area (Å²) in [6, 6.07) is 6.82. The van der Waals surface area contributed by atoms with Gasteiger partial charge in [-0.2, -0.15) is 5.10 Å². The Kier molecular flexibility index (Phi) is 3.93. The predicted octanol–water partition coefficient (Wildman–Crippen LogP) is 4.11. The average Bonchev–Trinajstić information content (AvgIpc) is 2.73. The average molecular weight is 257 g/mol. The third kappa shape index (κ3) is 2.65. The molecule has 3 heteroatoms. The van der Waals surface area contributed by atoms with Gasteiger partial charge in [-0.3, -0.25) is 4.68 Å². The zero-order valence-electron chi connectivity index (χ0n) is 12.3. The fraction of sp³-hybridized carbons (Fsp3) is 0.438. The third-order valence-electron chi connectivity index (χ3n) is 3.71. The number of hydrogen-bond acceptors (Lipinski definition) is 2. The van der Waals surface area contributed by atoms with E-state index >= 15 is 0 Å². The molecule has 0 fully saturated rings. The molecule has 102 valence electrons. The first kappa shape index (κ1) is 13.7. The van der Waals surface area contributed by atoms with Crippen LogP contribution in [-0.2, 0) is 0 Å². The number of anilines is 1. The van der Waals surface area contributed by atoms with Gasteiger partial charge in [0.2, 0.25) is 0 Å². The van der Waals surface area contributed by atoms with E-state index in [0.29, 0.717) is 6.04 Å². The maximum atomic E-state index is 6.14. The Balaban J connectivity index is 2.45. The molecule has 3 nitrogen and oxygen atoms in total. The van der Waals surface area contributed by atoms with E-state index in [9.17, 15) is 0 Å². The molecule has 1 aromatic heterocycles. The van der Waals surface area contributed by atoms with Gasteiger partial charge < -0.3 is 5.73 Å². The van der Waals surface area contributed by atoms with Gasteiger partial charge in [-0.25, -0.2) is 0 Å². The molecular weight excluding hydrogens is 234 g/mol. The van der Waals surface area contributed by atoms with E-state index in [1.165, 1.54) is 11.1 Å². The normalized spacial score (nSPS) is 11.2. The van der Waals surface area contributed by atoms with Gasteiger partial charge in [0.05, 0.1) is 11.7 Å². The molecular formula is C16H23N3. The van der Waals surface area contributed by atoms with Crippen LogP contribution in [-0.4, -0.2) is 9.78 Å². The number of aromatic nitrogens is 2. The Labute approximate surface area is 115 Å². The van der Waals surface area contributed by atoms with Crippen LogP contribution in [0.5, 0.6) is 0 Å². The summed E-state index contributed by atoms with van der Waals surface area (Å²) in [5.41, 5.74) is 11.4. The van der Waals surface area contributed by atoms with Crippen molar-refractivity contribution in [3.05, 3.63) is 35.5 Å². The predicted molar refractivity (Wildman–Crippen MR) is 81.2 cm³/mol. The molecule has 0 bridgehead atoms. The van der Waals surface area contributed by atoms with Crippen molar-refractivity contribution in [1.82, 2.24) is 9.78 Å². The number of nitrogens with two attached hydrogens (primary N) is 1. The highest BCUT2D eigenvalue weighted by molar-refractivity contribution is 5.74. The molecule has 19 heavy (non-hydrogen) atoms. The summed E-state index contributed by atoms with van der Waals surface area (Å²) in [4.78, 5) is 0. The van der Waals surface area contributed by atoms with Gasteiger partial charge in [0.1, 0.15) is 5.69 Å². The van der Waals surface area contributed by atoms with Crippen molar-refractivity contribution in [3.8, 4) is 11.3 Å². The summed E-state index contributed by atoms with van der Waals surface area (Å²) in [5.74, 6) is 0. The summed E-state index contributed by atoms with van der Waals surface area (Å²) < 4.78 is 2.02. The first-order chi connectivity index (χ1) is 9.06. The summed E-state index contributed by atoms with van der Waals surface area (Å²) in [5, 5.41) is 4.70. The van der Waals surface area contributed by atoms with Crippen LogP contribution in [0.3, 0.4) is 0 Å². The van der Waals surface area contributed by atoms with Crippen LogP contribution in [0.25, 0.3) is 11.3 Å². The van der Waals surface area contributed by atoms with Crippen LogP contribution >= 0.6 is 0 Å². The minimum Gasteiger partial charge on any atom is -0.396 e. The van der Waals surface area contributed by atoms with E-state index < -0.39 is 0 Å². The Bertz CT molecular complexity index is 565. The number of benzene rings is 1. The van der Waals surface area contributed by atoms with Gasteiger partial charge >= 0.3 is 0 Å². The van der Waals surface area contributed by atoms with Crippen LogP contribution in [0.1, 0.15) is 43.9 Å². The highest BCUT2D eigenvalue weighted by Gasteiger charge is 2.14. The smallest absolute Gasteiger partial charge is 0.115 e. The molecule has 0 unspecified atom stereocenters. The van der Waals surface area contributed by atoms with Crippen LogP contribution in [0.15, 0.2) is 24.4 Å². The van der Waals surface area contributed by atoms with Crippen LogP contribution < -0.4 is 5.73 Å². The van der Waals surface area contributed by atoms with Crippen molar-refractivity contribution in [1.29, 1.82) is 0 Å². The Morgan fingerprint density at radius 1 is 1.21 bits per heavy atom. The lowest BCUT2D eigenvalue weighted by molar-refractivity contribution is 0.429. The van der Waals surface area contributed by atoms with Crippen molar-refractivity contribution in [2.75, 3.05) is 5.73 Å². The van der Waals surface area contributed by atoms with Gasteiger partial charge in [-0.15, -0.1) is 0 Å². The van der Waals surface area contributed by atoms with E-state index in [2.05, 4.69) is 45.9 Å². The minimum absolute atomic E-state index is 0.432. The molecule has 0 aliphatic rings. The van der Waals surface area contributed by atoms with Crippen LogP contribution in [0.2, 0.25) is 0 Å². The maximum Gasteiger partial charge on any atom is 0.115 e. The third-order valence-corrected chi connectivity index (χ3v) is 3.71. The van der Waals surface area contributed by atoms with Gasteiger partial charge in [-0.05, 0) is 32.3 Å². The van der Waals surface area contributed by atoms with Crippen molar-refractivity contribution >= 4 is 5.69 Å². The Morgan fingerprint density at radius 3 is 2.47 bits per heavy atom. The van der Waals surface area contributed by atoms with Crippen molar-refractivity contribution in [2.45, 2.75) is 46.6 Å². The molecule has 1 aromatic carbocycles. The molecule has 1 heterocycles. The second-order valence-electron chi connectivity index (χ2n) is 5.20. The molecule has 0 aliphatic carbocycles. The van der Waals surface area contributed by atoms with Crippen LogP contribution in [0, 0.1) is 13.8 Å². The molecule has 0 amide bonds. The topological polar surface area (TPSA) is 43.8 Å². The van der Waals surface area contributed by atoms with Crippen molar-refractivity contribution in [2.24, 2.45) is 0 Å². The molecule has 0 saturated heterocycles. The Hall–Kier alpha value is -1.77. The summed E-state index contributed by atoms with van der Waals surface area (Å²) in [6.07, 6.45) is 4.11. The molecule has 2 rings (SSSR count). The van der Waals surface area contributed by atoms with Gasteiger partial charge in [0.15, 0.2) is 0 Å². The van der Waals surface area contributed by atoms with E-state index in [1.54, 1.807) is 0 Å². The lowest BCUT2D eigenvalue weighted by Crippen LogP contribution is -2.07. The number of rotatable bonds is 4.